The summed E-state index contributed by atoms with van der Waals surface area (Å²) in [6.07, 6.45) is 0.0227. The first-order valence-corrected chi connectivity index (χ1v) is 8.92. The number of ether oxygens (including phenoxy) is 1. The Bertz CT molecular complexity index is 817. The van der Waals surface area contributed by atoms with Crippen LogP contribution in [0.1, 0.15) is 29.9 Å². The minimum absolute atomic E-state index is 0.000828. The number of carbonyl (C=O) groups excluding carboxylic acids is 3. The minimum atomic E-state index is -0.421. The van der Waals surface area contributed by atoms with Crippen LogP contribution in [0.2, 0.25) is 0 Å². The van der Waals surface area contributed by atoms with E-state index in [1.165, 1.54) is 11.1 Å². The normalized spacial score (nSPS) is 12.2. The lowest BCUT2D eigenvalue weighted by molar-refractivity contribution is -0.145. The van der Waals surface area contributed by atoms with Gasteiger partial charge in [0.25, 0.3) is 0 Å². The quantitative estimate of drug-likeness (QED) is 0.694. The molecule has 0 fully saturated rings. The number of Topliss-reactive ketones (excluding diaryl/α,β-unsaturated/α-hetero) is 1. The molecule has 0 radical (unpaired) electrons. The highest BCUT2D eigenvalue weighted by Crippen LogP contribution is 2.44. The molecule has 0 bridgehead atoms. The van der Waals surface area contributed by atoms with E-state index < -0.39 is 11.9 Å². The Kier molecular flexibility index (Phi) is 5.98. The molecule has 1 aliphatic rings. The Morgan fingerprint density at radius 2 is 1.52 bits per heavy atom. The van der Waals surface area contributed by atoms with Crippen LogP contribution < -0.4 is 11.1 Å². The van der Waals surface area contributed by atoms with Crippen LogP contribution >= 0.6 is 0 Å². The van der Waals surface area contributed by atoms with Crippen molar-refractivity contribution in [2.75, 3.05) is 19.7 Å². The summed E-state index contributed by atoms with van der Waals surface area (Å²) in [5.74, 6) is -1.05. The number of hydrogen-bond donors (Lipinski definition) is 2. The lowest BCUT2D eigenvalue weighted by Gasteiger charge is -2.14. The van der Waals surface area contributed by atoms with Gasteiger partial charge in [0.2, 0.25) is 5.91 Å². The van der Waals surface area contributed by atoms with Crippen molar-refractivity contribution >= 4 is 17.7 Å². The van der Waals surface area contributed by atoms with E-state index in [0.717, 1.165) is 11.1 Å². The molecule has 3 rings (SSSR count). The maximum Gasteiger partial charge on any atom is 0.306 e. The van der Waals surface area contributed by atoms with Crippen LogP contribution in [0.5, 0.6) is 0 Å². The first kappa shape index (κ1) is 18.8. The van der Waals surface area contributed by atoms with E-state index in [2.05, 4.69) is 29.6 Å². The summed E-state index contributed by atoms with van der Waals surface area (Å²) in [5, 5.41) is 2.39. The molecule has 27 heavy (non-hydrogen) atoms. The molecular formula is C21H22N2O4. The SMILES string of the molecule is NCC(=O)NCC(=O)CCC(=O)OCC1c2ccccc2-c2ccccc21. The maximum atomic E-state index is 12.0. The maximum absolute atomic E-state index is 12.0. The van der Waals surface area contributed by atoms with Gasteiger partial charge in [-0.1, -0.05) is 48.5 Å². The fourth-order valence-corrected chi connectivity index (χ4v) is 3.29. The van der Waals surface area contributed by atoms with Crippen LogP contribution in [0.3, 0.4) is 0 Å². The molecule has 140 valence electrons. The number of ketones is 1. The zero-order valence-electron chi connectivity index (χ0n) is 14.9. The Morgan fingerprint density at radius 3 is 2.11 bits per heavy atom. The van der Waals surface area contributed by atoms with Crippen molar-refractivity contribution in [3.05, 3.63) is 59.7 Å². The predicted molar refractivity (Wildman–Crippen MR) is 101 cm³/mol. The Morgan fingerprint density at radius 1 is 0.926 bits per heavy atom. The molecule has 1 amide bonds. The molecule has 6 heteroatoms. The summed E-state index contributed by atoms with van der Waals surface area (Å²) in [5.41, 5.74) is 9.77. The largest absolute Gasteiger partial charge is 0.465 e. The molecule has 1 aliphatic carbocycles. The van der Waals surface area contributed by atoms with E-state index in [4.69, 9.17) is 10.5 Å². The zero-order valence-corrected chi connectivity index (χ0v) is 14.9. The van der Waals surface area contributed by atoms with Crippen molar-refractivity contribution in [1.82, 2.24) is 5.32 Å². The number of nitrogens with one attached hydrogen (secondary N) is 1. The minimum Gasteiger partial charge on any atom is -0.465 e. The average molecular weight is 366 g/mol. The standard InChI is InChI=1S/C21H22N2O4/c22-11-20(25)23-12-14(24)9-10-21(26)27-13-19-17-7-3-1-5-15(17)16-6-2-4-8-18(16)19/h1-8,19H,9-13,22H2,(H,23,25). The van der Waals surface area contributed by atoms with Gasteiger partial charge in [0.15, 0.2) is 5.78 Å². The van der Waals surface area contributed by atoms with E-state index in [1.54, 1.807) is 0 Å². The number of benzene rings is 2. The van der Waals surface area contributed by atoms with Gasteiger partial charge in [-0.3, -0.25) is 14.4 Å². The van der Waals surface area contributed by atoms with Crippen molar-refractivity contribution < 1.29 is 19.1 Å². The van der Waals surface area contributed by atoms with Gasteiger partial charge in [-0.15, -0.1) is 0 Å². The number of rotatable bonds is 8. The Labute approximate surface area is 157 Å². The lowest BCUT2D eigenvalue weighted by atomic mass is 9.98. The van der Waals surface area contributed by atoms with Gasteiger partial charge in [-0.25, -0.2) is 0 Å². The van der Waals surface area contributed by atoms with Crippen molar-refractivity contribution in [2.45, 2.75) is 18.8 Å². The topological polar surface area (TPSA) is 98.5 Å². The number of fused-ring (bicyclic) bond motifs is 3. The van der Waals surface area contributed by atoms with Gasteiger partial charge in [-0.05, 0) is 22.3 Å². The van der Waals surface area contributed by atoms with E-state index in [0.29, 0.717) is 0 Å². The van der Waals surface area contributed by atoms with Crippen LogP contribution in [0.15, 0.2) is 48.5 Å². The van der Waals surface area contributed by atoms with Crippen LogP contribution in [-0.4, -0.2) is 37.4 Å². The molecule has 0 heterocycles. The molecular weight excluding hydrogens is 344 g/mol. The van der Waals surface area contributed by atoms with E-state index >= 15 is 0 Å². The monoisotopic (exact) mass is 366 g/mol. The molecule has 0 aliphatic heterocycles. The molecule has 6 nitrogen and oxygen atoms in total. The van der Waals surface area contributed by atoms with Crippen molar-refractivity contribution in [3.63, 3.8) is 0 Å². The molecule has 0 unspecified atom stereocenters. The number of esters is 1. The van der Waals surface area contributed by atoms with Crippen molar-refractivity contribution in [2.24, 2.45) is 5.73 Å². The molecule has 0 atom stereocenters. The second-order valence-corrected chi connectivity index (χ2v) is 6.43. The third-order valence-electron chi connectivity index (χ3n) is 4.65. The second kappa shape index (κ2) is 8.60. The highest BCUT2D eigenvalue weighted by molar-refractivity contribution is 5.88. The Hall–Kier alpha value is -2.99. The zero-order chi connectivity index (χ0) is 19.2. The van der Waals surface area contributed by atoms with E-state index in [1.807, 2.05) is 24.3 Å². The van der Waals surface area contributed by atoms with Crippen molar-refractivity contribution in [1.29, 1.82) is 0 Å². The van der Waals surface area contributed by atoms with Crippen LogP contribution in [0.25, 0.3) is 11.1 Å². The number of hydrogen-bond acceptors (Lipinski definition) is 5. The summed E-state index contributed by atoms with van der Waals surface area (Å²) < 4.78 is 5.44. The van der Waals surface area contributed by atoms with Crippen LogP contribution in [-0.2, 0) is 19.1 Å². The first-order valence-electron chi connectivity index (χ1n) is 8.92. The molecule has 0 spiro atoms. The fourth-order valence-electron chi connectivity index (χ4n) is 3.29. The predicted octanol–water partition coefficient (Wildman–Crippen LogP) is 1.77. The van der Waals surface area contributed by atoms with Gasteiger partial charge in [-0.2, -0.15) is 0 Å². The summed E-state index contributed by atoms with van der Waals surface area (Å²) in [6, 6.07) is 16.2. The molecule has 3 N–H and O–H groups in total. The highest BCUT2D eigenvalue weighted by Gasteiger charge is 2.28. The van der Waals surface area contributed by atoms with Crippen LogP contribution in [0.4, 0.5) is 0 Å². The fraction of sp³-hybridized carbons (Fsp3) is 0.286. The van der Waals surface area contributed by atoms with Gasteiger partial charge < -0.3 is 15.8 Å². The van der Waals surface area contributed by atoms with Gasteiger partial charge >= 0.3 is 5.97 Å². The first-order chi connectivity index (χ1) is 13.1. The van der Waals surface area contributed by atoms with E-state index in [-0.39, 0.29) is 44.2 Å². The van der Waals surface area contributed by atoms with Crippen molar-refractivity contribution in [3.8, 4) is 11.1 Å². The lowest BCUT2D eigenvalue weighted by Crippen LogP contribution is -2.34. The molecule has 2 aromatic carbocycles. The second-order valence-electron chi connectivity index (χ2n) is 6.43. The smallest absolute Gasteiger partial charge is 0.306 e. The average Bonchev–Trinajstić information content (AvgIpc) is 3.02. The molecule has 0 saturated carbocycles. The summed E-state index contributed by atoms with van der Waals surface area (Å²) in [4.78, 5) is 34.8. The van der Waals surface area contributed by atoms with Gasteiger partial charge in [0.05, 0.1) is 19.5 Å². The summed E-state index contributed by atoms with van der Waals surface area (Å²) in [7, 11) is 0. The number of carbonyl (C=O) groups is 3. The molecule has 0 saturated heterocycles. The molecule has 2 aromatic rings. The molecule has 0 aromatic heterocycles. The Balaban J connectivity index is 1.54. The summed E-state index contributed by atoms with van der Waals surface area (Å²) >= 11 is 0. The van der Waals surface area contributed by atoms with Crippen LogP contribution in [0, 0.1) is 0 Å². The van der Waals surface area contributed by atoms with Gasteiger partial charge in [0.1, 0.15) is 6.61 Å². The van der Waals surface area contributed by atoms with E-state index in [9.17, 15) is 14.4 Å². The third kappa shape index (κ3) is 4.41. The highest BCUT2D eigenvalue weighted by atomic mass is 16.5. The number of nitrogens with two attached hydrogens (primary N) is 1. The third-order valence-corrected chi connectivity index (χ3v) is 4.65. The number of amides is 1. The summed E-state index contributed by atoms with van der Waals surface area (Å²) in [6.45, 7) is -0.0443. The van der Waals surface area contributed by atoms with Gasteiger partial charge in [0, 0.05) is 12.3 Å².